The maximum atomic E-state index is 12.4. The van der Waals surface area contributed by atoms with Crippen molar-refractivity contribution in [1.29, 1.82) is 0 Å². The standard InChI is InChI=1S/C22H30O5/c1-12-8-14-15-5-7-22(27,18(26)11-23)21(15,3)10-17(25)19(14)20(2)6-4-13(24)9-16(12)20/h4,6,9,12,14-15,17,19,23,25,27H,5,7-8,10-11H2,1-3H3/t12-,14?,15?,17?,19?,20-,21-,22-/m1/s1. The Kier molecular flexibility index (Phi) is 4.12. The van der Waals surface area contributed by atoms with Crippen LogP contribution >= 0.6 is 0 Å². The highest BCUT2D eigenvalue weighted by Gasteiger charge is 2.68. The Morgan fingerprint density at radius 3 is 2.70 bits per heavy atom. The fourth-order valence-corrected chi connectivity index (χ4v) is 7.34. The summed E-state index contributed by atoms with van der Waals surface area (Å²) in [5.41, 5.74) is -1.59. The summed E-state index contributed by atoms with van der Waals surface area (Å²) in [6.45, 7) is 5.48. The van der Waals surface area contributed by atoms with E-state index in [2.05, 4.69) is 13.8 Å². The maximum Gasteiger partial charge on any atom is 0.190 e. The van der Waals surface area contributed by atoms with Gasteiger partial charge in [-0.15, -0.1) is 0 Å². The molecule has 0 spiro atoms. The largest absolute Gasteiger partial charge is 0.393 e. The zero-order chi connectivity index (χ0) is 19.8. The molecular formula is C22H30O5. The van der Waals surface area contributed by atoms with Gasteiger partial charge in [0.25, 0.3) is 0 Å². The number of allylic oxidation sites excluding steroid dienone is 4. The summed E-state index contributed by atoms with van der Waals surface area (Å²) in [5, 5.41) is 31.9. The molecule has 3 fully saturated rings. The molecule has 0 saturated heterocycles. The zero-order valence-corrected chi connectivity index (χ0v) is 16.3. The Balaban J connectivity index is 1.78. The van der Waals surface area contributed by atoms with Gasteiger partial charge in [-0.1, -0.05) is 32.4 Å². The van der Waals surface area contributed by atoms with Gasteiger partial charge in [0.1, 0.15) is 12.2 Å². The summed E-state index contributed by atoms with van der Waals surface area (Å²) in [6.07, 6.45) is 6.87. The van der Waals surface area contributed by atoms with Crippen molar-refractivity contribution in [3.63, 3.8) is 0 Å². The molecule has 4 aliphatic rings. The van der Waals surface area contributed by atoms with Gasteiger partial charge < -0.3 is 15.3 Å². The van der Waals surface area contributed by atoms with Crippen molar-refractivity contribution in [2.45, 2.75) is 58.2 Å². The molecule has 3 saturated carbocycles. The Morgan fingerprint density at radius 1 is 1.33 bits per heavy atom. The van der Waals surface area contributed by atoms with Crippen LogP contribution in [0.3, 0.4) is 0 Å². The van der Waals surface area contributed by atoms with Crippen LogP contribution in [0, 0.1) is 34.5 Å². The first-order valence-corrected chi connectivity index (χ1v) is 10.1. The molecule has 0 aromatic heterocycles. The number of aliphatic hydroxyl groups excluding tert-OH is 2. The van der Waals surface area contributed by atoms with Crippen LogP contribution in [-0.2, 0) is 9.59 Å². The van der Waals surface area contributed by atoms with Crippen LogP contribution in [0.5, 0.6) is 0 Å². The highest BCUT2D eigenvalue weighted by atomic mass is 16.3. The molecule has 0 aliphatic heterocycles. The molecule has 0 bridgehead atoms. The number of aliphatic hydroxyl groups is 3. The molecule has 0 aromatic rings. The fraction of sp³-hybridized carbons (Fsp3) is 0.727. The first-order valence-electron chi connectivity index (χ1n) is 10.1. The quantitative estimate of drug-likeness (QED) is 0.685. The van der Waals surface area contributed by atoms with Crippen LogP contribution in [0.4, 0.5) is 0 Å². The molecule has 4 rings (SSSR count). The van der Waals surface area contributed by atoms with Gasteiger partial charge in [-0.05, 0) is 55.6 Å². The number of hydrogen-bond acceptors (Lipinski definition) is 5. The van der Waals surface area contributed by atoms with Gasteiger partial charge in [-0.25, -0.2) is 0 Å². The minimum atomic E-state index is -1.57. The molecule has 0 amide bonds. The Morgan fingerprint density at radius 2 is 2.04 bits per heavy atom. The van der Waals surface area contributed by atoms with Crippen molar-refractivity contribution in [3.05, 3.63) is 23.8 Å². The van der Waals surface area contributed by atoms with Crippen molar-refractivity contribution < 1.29 is 24.9 Å². The maximum absolute atomic E-state index is 12.4. The van der Waals surface area contributed by atoms with E-state index in [-0.39, 0.29) is 34.9 Å². The lowest BCUT2D eigenvalue weighted by Gasteiger charge is -2.60. The number of fused-ring (bicyclic) bond motifs is 5. The first-order chi connectivity index (χ1) is 12.6. The minimum Gasteiger partial charge on any atom is -0.393 e. The molecule has 5 heteroatoms. The number of rotatable bonds is 2. The van der Waals surface area contributed by atoms with E-state index in [9.17, 15) is 24.9 Å². The predicted molar refractivity (Wildman–Crippen MR) is 99.6 cm³/mol. The van der Waals surface area contributed by atoms with Crippen molar-refractivity contribution in [2.24, 2.45) is 34.5 Å². The summed E-state index contributed by atoms with van der Waals surface area (Å²) in [7, 11) is 0. The molecular weight excluding hydrogens is 344 g/mol. The number of carbonyl (C=O) groups excluding carboxylic acids is 2. The lowest BCUT2D eigenvalue weighted by Crippen LogP contribution is -2.62. The highest BCUT2D eigenvalue weighted by molar-refractivity contribution is 6.01. The smallest absolute Gasteiger partial charge is 0.190 e. The van der Waals surface area contributed by atoms with Gasteiger partial charge in [0, 0.05) is 16.7 Å². The van der Waals surface area contributed by atoms with Crippen molar-refractivity contribution in [2.75, 3.05) is 6.61 Å². The molecule has 0 aromatic carbocycles. The van der Waals surface area contributed by atoms with Gasteiger partial charge in [0.2, 0.25) is 0 Å². The summed E-state index contributed by atoms with van der Waals surface area (Å²) in [6, 6.07) is 0. The summed E-state index contributed by atoms with van der Waals surface area (Å²) < 4.78 is 0. The third-order valence-electron chi connectivity index (χ3n) is 8.57. The summed E-state index contributed by atoms with van der Waals surface area (Å²) in [4.78, 5) is 24.4. The second-order valence-electron chi connectivity index (χ2n) is 9.72. The molecule has 4 unspecified atom stereocenters. The topological polar surface area (TPSA) is 94.8 Å². The molecule has 8 atom stereocenters. The molecule has 4 aliphatic carbocycles. The van der Waals surface area contributed by atoms with Gasteiger partial charge >= 0.3 is 0 Å². The van der Waals surface area contributed by atoms with E-state index in [0.29, 0.717) is 12.8 Å². The van der Waals surface area contributed by atoms with Gasteiger partial charge in [-0.2, -0.15) is 0 Å². The van der Waals surface area contributed by atoms with E-state index >= 15 is 0 Å². The molecule has 3 N–H and O–H groups in total. The summed E-state index contributed by atoms with van der Waals surface area (Å²) in [5.74, 6) is -0.0768. The monoisotopic (exact) mass is 374 g/mol. The zero-order valence-electron chi connectivity index (χ0n) is 16.3. The van der Waals surface area contributed by atoms with Crippen LogP contribution < -0.4 is 0 Å². The van der Waals surface area contributed by atoms with E-state index in [0.717, 1.165) is 18.4 Å². The van der Waals surface area contributed by atoms with Crippen LogP contribution in [0.1, 0.15) is 46.5 Å². The Hall–Kier alpha value is -1.30. The van der Waals surface area contributed by atoms with Crippen LogP contribution in [0.2, 0.25) is 0 Å². The predicted octanol–water partition coefficient (Wildman–Crippen LogP) is 1.80. The van der Waals surface area contributed by atoms with E-state index in [1.807, 2.05) is 13.0 Å². The van der Waals surface area contributed by atoms with Crippen molar-refractivity contribution in [1.82, 2.24) is 0 Å². The highest BCUT2D eigenvalue weighted by Crippen LogP contribution is 2.67. The lowest BCUT2D eigenvalue weighted by molar-refractivity contribution is -0.180. The van der Waals surface area contributed by atoms with E-state index in [4.69, 9.17) is 0 Å². The van der Waals surface area contributed by atoms with Crippen molar-refractivity contribution in [3.8, 4) is 0 Å². The third-order valence-corrected chi connectivity index (χ3v) is 8.57. The number of hydrogen-bond donors (Lipinski definition) is 3. The van der Waals surface area contributed by atoms with Crippen LogP contribution in [0.25, 0.3) is 0 Å². The minimum absolute atomic E-state index is 0.00620. The fourth-order valence-electron chi connectivity index (χ4n) is 7.34. The Bertz CT molecular complexity index is 754. The lowest BCUT2D eigenvalue weighted by atomic mass is 9.45. The molecule has 148 valence electrons. The second-order valence-corrected chi connectivity index (χ2v) is 9.72. The van der Waals surface area contributed by atoms with E-state index in [1.165, 1.54) is 0 Å². The van der Waals surface area contributed by atoms with Gasteiger partial charge in [-0.3, -0.25) is 9.59 Å². The SMILES string of the molecule is C[C@@H]1CC2C(C(O)C[C@]3(C)C2CC[C@@]3(O)C(=O)CO)[C@]2(C)C=CC(=O)C=C12. The summed E-state index contributed by atoms with van der Waals surface area (Å²) >= 11 is 0. The van der Waals surface area contributed by atoms with Crippen LogP contribution in [0.15, 0.2) is 23.8 Å². The Labute approximate surface area is 160 Å². The second kappa shape index (κ2) is 5.85. The molecule has 27 heavy (non-hydrogen) atoms. The molecule has 0 heterocycles. The van der Waals surface area contributed by atoms with Gasteiger partial charge in [0.05, 0.1) is 6.10 Å². The van der Waals surface area contributed by atoms with Crippen LogP contribution in [-0.4, -0.2) is 45.2 Å². The average Bonchev–Trinajstić information content (AvgIpc) is 2.87. The first kappa shape index (κ1) is 19.0. The average molecular weight is 374 g/mol. The normalized spacial score (nSPS) is 51.3. The number of carbonyl (C=O) groups is 2. The van der Waals surface area contributed by atoms with E-state index < -0.39 is 29.5 Å². The molecule has 0 radical (unpaired) electrons. The number of Topliss-reactive ketones (excluding diaryl/α,β-unsaturated/α-hetero) is 1. The van der Waals surface area contributed by atoms with Gasteiger partial charge in [0.15, 0.2) is 11.6 Å². The van der Waals surface area contributed by atoms with E-state index in [1.54, 1.807) is 12.2 Å². The molecule has 5 nitrogen and oxygen atoms in total. The third kappa shape index (κ3) is 2.28. The van der Waals surface area contributed by atoms with Crippen molar-refractivity contribution >= 4 is 11.6 Å². The number of ketones is 2.